The number of hydrogen-bond donors (Lipinski definition) is 1. The van der Waals surface area contributed by atoms with Crippen molar-refractivity contribution >= 4 is 29.3 Å². The van der Waals surface area contributed by atoms with Gasteiger partial charge in [0.05, 0.1) is 0 Å². The van der Waals surface area contributed by atoms with E-state index < -0.39 is 5.97 Å². The fourth-order valence-electron chi connectivity index (χ4n) is 1.10. The van der Waals surface area contributed by atoms with Crippen LogP contribution < -0.4 is 0 Å². The van der Waals surface area contributed by atoms with Crippen LogP contribution in [0.15, 0.2) is 27.6 Å². The molecule has 0 atom stereocenters. The highest BCUT2D eigenvalue weighted by Gasteiger charge is 2.08. The van der Waals surface area contributed by atoms with Crippen molar-refractivity contribution in [2.75, 3.05) is 0 Å². The number of carboxylic acid groups (broad SMARTS) is 1. The summed E-state index contributed by atoms with van der Waals surface area (Å²) in [6.07, 6.45) is 0.791. The number of aromatic carboxylic acids is 1. The molecule has 0 aliphatic carbocycles. The van der Waals surface area contributed by atoms with Crippen LogP contribution in [0.1, 0.15) is 23.2 Å². The molecule has 2 heterocycles. The lowest BCUT2D eigenvalue weighted by Gasteiger charge is -1.97. The Kier molecular flexibility index (Phi) is 3.70. The molecule has 0 unspecified atom stereocenters. The zero-order valence-corrected chi connectivity index (χ0v) is 10.6. The van der Waals surface area contributed by atoms with Crippen molar-refractivity contribution in [3.8, 4) is 0 Å². The van der Waals surface area contributed by atoms with Crippen molar-refractivity contribution in [3.63, 3.8) is 0 Å². The van der Waals surface area contributed by atoms with E-state index in [1.165, 1.54) is 29.4 Å². The van der Waals surface area contributed by atoms with Crippen molar-refractivity contribution in [3.05, 3.63) is 29.7 Å². The molecule has 2 aromatic heterocycles. The molecule has 0 fully saturated rings. The predicted octanol–water partition coefficient (Wildman–Crippen LogP) is 2.34. The Morgan fingerprint density at radius 3 is 2.94 bits per heavy atom. The summed E-state index contributed by atoms with van der Waals surface area (Å²) in [6.45, 7) is 1.99. The van der Waals surface area contributed by atoms with E-state index in [2.05, 4.69) is 14.3 Å². The molecule has 1 N–H and O–H groups in total. The van der Waals surface area contributed by atoms with Gasteiger partial charge in [-0.05, 0) is 35.4 Å². The normalized spacial score (nSPS) is 10.4. The van der Waals surface area contributed by atoms with Crippen LogP contribution in [0.5, 0.6) is 0 Å². The summed E-state index contributed by atoms with van der Waals surface area (Å²) in [5, 5.41) is 9.43. The molecule has 0 spiro atoms. The average Bonchev–Trinajstić information content (AvgIpc) is 2.77. The van der Waals surface area contributed by atoms with E-state index in [0.717, 1.165) is 16.6 Å². The van der Waals surface area contributed by atoms with Crippen LogP contribution in [0.25, 0.3) is 0 Å². The van der Waals surface area contributed by atoms with Crippen LogP contribution in [-0.2, 0) is 6.42 Å². The van der Waals surface area contributed by atoms with Crippen molar-refractivity contribution in [1.82, 2.24) is 14.3 Å². The summed E-state index contributed by atoms with van der Waals surface area (Å²) in [5.74, 6) is -0.231. The Morgan fingerprint density at radius 1 is 1.47 bits per heavy atom. The highest BCUT2D eigenvalue weighted by atomic mass is 32.2. The molecule has 88 valence electrons. The van der Waals surface area contributed by atoms with E-state index in [1.54, 1.807) is 12.1 Å². The molecule has 0 aliphatic rings. The fraction of sp³-hybridized carbons (Fsp3) is 0.200. The van der Waals surface area contributed by atoms with E-state index in [1.807, 2.05) is 6.92 Å². The summed E-state index contributed by atoms with van der Waals surface area (Å²) in [7, 11) is 0. The molecule has 0 saturated carbocycles. The Labute approximate surface area is 106 Å². The number of pyridine rings is 1. The van der Waals surface area contributed by atoms with Crippen molar-refractivity contribution in [2.24, 2.45) is 0 Å². The molecule has 0 saturated heterocycles. The number of nitrogens with zero attached hydrogens (tertiary/aromatic N) is 3. The summed E-state index contributed by atoms with van der Waals surface area (Å²) in [6, 6.07) is 4.88. The molecule has 7 heteroatoms. The van der Waals surface area contributed by atoms with Crippen LogP contribution in [0.3, 0.4) is 0 Å². The minimum absolute atomic E-state index is 0.0373. The molecule has 0 bridgehead atoms. The van der Waals surface area contributed by atoms with E-state index in [0.29, 0.717) is 5.03 Å². The van der Waals surface area contributed by atoms with Gasteiger partial charge in [0.2, 0.25) is 0 Å². The molecule has 2 aromatic rings. The molecule has 2 rings (SSSR count). The zero-order valence-electron chi connectivity index (χ0n) is 8.95. The van der Waals surface area contributed by atoms with Gasteiger partial charge in [-0.3, -0.25) is 0 Å². The monoisotopic (exact) mass is 267 g/mol. The second kappa shape index (κ2) is 5.24. The van der Waals surface area contributed by atoms with E-state index in [4.69, 9.17) is 5.11 Å². The lowest BCUT2D eigenvalue weighted by atomic mass is 10.4. The topological polar surface area (TPSA) is 76.0 Å². The van der Waals surface area contributed by atoms with Gasteiger partial charge in [0, 0.05) is 6.42 Å². The van der Waals surface area contributed by atoms with Crippen LogP contribution in [0, 0.1) is 0 Å². The maximum Gasteiger partial charge on any atom is 0.354 e. The fourth-order valence-corrected chi connectivity index (χ4v) is 2.74. The summed E-state index contributed by atoms with van der Waals surface area (Å²) in [4.78, 5) is 19.0. The number of hydrogen-bond acceptors (Lipinski definition) is 6. The number of carbonyl (C=O) groups is 1. The molecule has 17 heavy (non-hydrogen) atoms. The summed E-state index contributed by atoms with van der Waals surface area (Å²) in [5.41, 5.74) is 0.0373. The number of carboxylic acids is 1. The maximum atomic E-state index is 10.8. The maximum absolute atomic E-state index is 10.8. The summed E-state index contributed by atoms with van der Waals surface area (Å²) >= 11 is 2.62. The largest absolute Gasteiger partial charge is 0.477 e. The first kappa shape index (κ1) is 12.0. The number of aromatic nitrogens is 3. The lowest BCUT2D eigenvalue weighted by Crippen LogP contribution is -1.99. The Morgan fingerprint density at radius 2 is 2.29 bits per heavy atom. The number of aryl methyl sites for hydroxylation is 1. The van der Waals surface area contributed by atoms with Gasteiger partial charge in [-0.15, -0.1) is 0 Å². The van der Waals surface area contributed by atoms with Gasteiger partial charge in [-0.2, -0.15) is 4.37 Å². The van der Waals surface area contributed by atoms with Crippen LogP contribution >= 0.6 is 23.3 Å². The van der Waals surface area contributed by atoms with Crippen LogP contribution in [0.4, 0.5) is 0 Å². The SMILES string of the molecule is CCc1nsc(Sc2cccc(C(=O)O)n2)n1. The molecule has 0 aliphatic heterocycles. The third kappa shape index (κ3) is 3.01. The van der Waals surface area contributed by atoms with E-state index in [9.17, 15) is 4.79 Å². The quantitative estimate of drug-likeness (QED) is 0.916. The smallest absolute Gasteiger partial charge is 0.354 e. The van der Waals surface area contributed by atoms with Crippen molar-refractivity contribution in [2.45, 2.75) is 22.7 Å². The molecule has 0 radical (unpaired) electrons. The highest BCUT2D eigenvalue weighted by molar-refractivity contribution is 8.00. The molecule has 0 amide bonds. The Hall–Kier alpha value is -1.47. The van der Waals surface area contributed by atoms with Gasteiger partial charge < -0.3 is 5.11 Å². The van der Waals surface area contributed by atoms with Crippen LogP contribution in [0.2, 0.25) is 0 Å². The minimum Gasteiger partial charge on any atom is -0.477 e. The van der Waals surface area contributed by atoms with Gasteiger partial charge in [0.1, 0.15) is 16.5 Å². The van der Waals surface area contributed by atoms with Crippen molar-refractivity contribution < 1.29 is 9.90 Å². The Balaban J connectivity index is 2.18. The molecular weight excluding hydrogens is 258 g/mol. The Bertz CT molecular complexity index is 542. The highest BCUT2D eigenvalue weighted by Crippen LogP contribution is 2.27. The standard InChI is InChI=1S/C10H9N3O2S2/c1-2-7-12-10(17-13-7)16-8-5-3-4-6(11-8)9(14)15/h3-5H,2H2,1H3,(H,14,15). The van der Waals surface area contributed by atoms with Gasteiger partial charge in [-0.25, -0.2) is 14.8 Å². The predicted molar refractivity (Wildman–Crippen MR) is 64.6 cm³/mol. The third-order valence-corrected chi connectivity index (χ3v) is 3.63. The lowest BCUT2D eigenvalue weighted by molar-refractivity contribution is 0.0689. The van der Waals surface area contributed by atoms with E-state index in [-0.39, 0.29) is 5.69 Å². The van der Waals surface area contributed by atoms with Gasteiger partial charge in [0.25, 0.3) is 0 Å². The zero-order chi connectivity index (χ0) is 12.3. The van der Waals surface area contributed by atoms with Gasteiger partial charge >= 0.3 is 5.97 Å². The molecular formula is C10H9N3O2S2. The first-order valence-corrected chi connectivity index (χ1v) is 6.49. The van der Waals surface area contributed by atoms with Gasteiger partial charge in [0.15, 0.2) is 4.34 Å². The average molecular weight is 267 g/mol. The second-order valence-electron chi connectivity index (χ2n) is 3.10. The molecule has 0 aromatic carbocycles. The van der Waals surface area contributed by atoms with Crippen molar-refractivity contribution in [1.29, 1.82) is 0 Å². The third-order valence-electron chi connectivity index (χ3n) is 1.90. The minimum atomic E-state index is -1.03. The van der Waals surface area contributed by atoms with E-state index >= 15 is 0 Å². The van der Waals surface area contributed by atoms with Gasteiger partial charge in [-0.1, -0.05) is 13.0 Å². The first-order chi connectivity index (χ1) is 8.19. The van der Waals surface area contributed by atoms with Crippen LogP contribution in [-0.4, -0.2) is 25.4 Å². The second-order valence-corrected chi connectivity index (χ2v) is 5.12. The number of rotatable bonds is 4. The summed E-state index contributed by atoms with van der Waals surface area (Å²) < 4.78 is 4.93. The first-order valence-electron chi connectivity index (χ1n) is 4.90. The molecule has 5 nitrogen and oxygen atoms in total.